The summed E-state index contributed by atoms with van der Waals surface area (Å²) in [7, 11) is 0. The lowest BCUT2D eigenvalue weighted by Gasteiger charge is -2.19. The first kappa shape index (κ1) is 32.6. The van der Waals surface area contributed by atoms with Gasteiger partial charge in [-0.2, -0.15) is 39.5 Å². The predicted octanol–water partition coefficient (Wildman–Crippen LogP) is 7.82. The number of carbonyl (C=O) groups is 2. The van der Waals surface area contributed by atoms with E-state index >= 15 is 0 Å². The number of benzene rings is 2. The van der Waals surface area contributed by atoms with E-state index in [1.54, 1.807) is 0 Å². The number of hydrogen-bond donors (Lipinski definition) is 2. The van der Waals surface area contributed by atoms with Crippen LogP contribution in [0, 0.1) is 0 Å². The van der Waals surface area contributed by atoms with E-state index in [0.717, 1.165) is 31.2 Å². The number of nitrogens with one attached hydrogen (secondary N) is 2. The SMILES string of the molecule is C[C@@H](NC(=O)c1ccc(/C=C/C(c2cc(Cl)c(Cl)c(Cl)c2)C(F)(F)F)cc1C(F)(F)F)C(=O)NCC(F)(F)F. The molecular formula is C23H16Cl3F9N2O2. The summed E-state index contributed by atoms with van der Waals surface area (Å²) in [5, 5.41) is 2.57. The molecule has 0 radical (unpaired) electrons. The van der Waals surface area contributed by atoms with Crippen LogP contribution in [0.3, 0.4) is 0 Å². The van der Waals surface area contributed by atoms with Gasteiger partial charge in [-0.15, -0.1) is 0 Å². The lowest BCUT2D eigenvalue weighted by Crippen LogP contribution is -2.47. The maximum absolute atomic E-state index is 13.7. The summed E-state index contributed by atoms with van der Waals surface area (Å²) in [4.78, 5) is 24.1. The molecule has 4 nitrogen and oxygen atoms in total. The molecule has 2 N–H and O–H groups in total. The molecule has 0 aromatic heterocycles. The molecule has 2 amide bonds. The highest BCUT2D eigenvalue weighted by molar-refractivity contribution is 6.48. The van der Waals surface area contributed by atoms with Crippen LogP contribution >= 0.6 is 34.8 Å². The first-order valence-electron chi connectivity index (χ1n) is 10.5. The highest BCUT2D eigenvalue weighted by Gasteiger charge is 2.40. The number of alkyl halides is 9. The third-order valence-electron chi connectivity index (χ3n) is 5.00. The van der Waals surface area contributed by atoms with Gasteiger partial charge in [-0.05, 0) is 42.3 Å². The zero-order chi connectivity index (χ0) is 29.9. The Hall–Kier alpha value is -2.64. The van der Waals surface area contributed by atoms with E-state index in [9.17, 15) is 49.1 Å². The standard InChI is InChI=1S/C23H16Cl3F9N2O2/c1-10(19(38)36-9-21(27,28)29)37-20(39)13-4-2-11(6-15(13)23(33,34)35)3-5-14(22(30,31)32)12-7-16(24)18(26)17(25)8-12/h2-8,10,14H,9H2,1H3,(H,36,38)(H,37,39)/b5-3+/t10-,14?/m1/s1. The van der Waals surface area contributed by atoms with Crippen LogP contribution in [0.4, 0.5) is 39.5 Å². The fourth-order valence-corrected chi connectivity index (χ4v) is 3.76. The Kier molecular flexibility index (Phi) is 10.2. The van der Waals surface area contributed by atoms with Gasteiger partial charge in [-0.1, -0.05) is 53.0 Å². The zero-order valence-electron chi connectivity index (χ0n) is 19.3. The average molecular weight is 630 g/mol. The Bertz CT molecular complexity index is 1240. The maximum Gasteiger partial charge on any atom is 0.417 e. The van der Waals surface area contributed by atoms with E-state index < -0.39 is 65.5 Å². The van der Waals surface area contributed by atoms with Gasteiger partial charge >= 0.3 is 18.5 Å². The lowest BCUT2D eigenvalue weighted by atomic mass is 9.96. The number of halogens is 12. The molecule has 16 heteroatoms. The molecule has 0 aliphatic heterocycles. The smallest absolute Gasteiger partial charge is 0.345 e. The first-order chi connectivity index (χ1) is 17.7. The van der Waals surface area contributed by atoms with Gasteiger partial charge in [0, 0.05) is 0 Å². The van der Waals surface area contributed by atoms with Gasteiger partial charge in [-0.3, -0.25) is 9.59 Å². The van der Waals surface area contributed by atoms with Crippen LogP contribution in [-0.2, 0) is 11.0 Å². The third kappa shape index (κ3) is 9.21. The van der Waals surface area contributed by atoms with E-state index in [2.05, 4.69) is 0 Å². The zero-order valence-corrected chi connectivity index (χ0v) is 21.5. The summed E-state index contributed by atoms with van der Waals surface area (Å²) in [6.07, 6.45) is -13.5. The molecule has 0 aliphatic carbocycles. The van der Waals surface area contributed by atoms with Crippen molar-refractivity contribution in [2.75, 3.05) is 6.54 Å². The van der Waals surface area contributed by atoms with Crippen molar-refractivity contribution in [3.63, 3.8) is 0 Å². The summed E-state index contributed by atoms with van der Waals surface area (Å²) in [6, 6.07) is 2.11. The molecule has 0 saturated carbocycles. The molecule has 2 aromatic carbocycles. The summed E-state index contributed by atoms with van der Waals surface area (Å²) < 4.78 is 119. The fourth-order valence-electron chi connectivity index (χ4n) is 3.15. The summed E-state index contributed by atoms with van der Waals surface area (Å²) in [5.74, 6) is -5.11. The number of rotatable bonds is 7. The topological polar surface area (TPSA) is 58.2 Å². The molecule has 214 valence electrons. The van der Waals surface area contributed by atoms with Crippen molar-refractivity contribution in [2.24, 2.45) is 0 Å². The minimum absolute atomic E-state index is 0.192. The van der Waals surface area contributed by atoms with Crippen LogP contribution < -0.4 is 10.6 Å². The summed E-state index contributed by atoms with van der Waals surface area (Å²) in [6.45, 7) is -0.783. The van der Waals surface area contributed by atoms with Crippen molar-refractivity contribution in [3.05, 3.63) is 73.7 Å². The Morgan fingerprint density at radius 2 is 1.49 bits per heavy atom. The molecule has 0 fully saturated rings. The van der Waals surface area contributed by atoms with Gasteiger partial charge in [0.05, 0.1) is 32.1 Å². The van der Waals surface area contributed by atoms with Crippen molar-refractivity contribution in [3.8, 4) is 0 Å². The van der Waals surface area contributed by atoms with Crippen LogP contribution in [0.15, 0.2) is 36.4 Å². The quantitative estimate of drug-likeness (QED) is 0.242. The second-order valence-electron chi connectivity index (χ2n) is 8.01. The van der Waals surface area contributed by atoms with Crippen LogP contribution in [0.25, 0.3) is 6.08 Å². The molecule has 0 aliphatic rings. The van der Waals surface area contributed by atoms with E-state index in [1.807, 2.05) is 5.32 Å². The molecule has 0 heterocycles. The Balaban J connectivity index is 2.37. The monoisotopic (exact) mass is 628 g/mol. The molecular weight excluding hydrogens is 614 g/mol. The second-order valence-corrected chi connectivity index (χ2v) is 9.20. The van der Waals surface area contributed by atoms with E-state index in [-0.39, 0.29) is 20.6 Å². The molecule has 0 bridgehead atoms. The molecule has 0 saturated heterocycles. The number of allylic oxidation sites excluding steroid dienone is 1. The van der Waals surface area contributed by atoms with Crippen LogP contribution in [0.2, 0.25) is 15.1 Å². The van der Waals surface area contributed by atoms with E-state index in [1.165, 1.54) is 5.32 Å². The van der Waals surface area contributed by atoms with E-state index in [4.69, 9.17) is 34.8 Å². The van der Waals surface area contributed by atoms with Crippen molar-refractivity contribution < 1.29 is 49.1 Å². The minimum atomic E-state index is -5.17. The van der Waals surface area contributed by atoms with E-state index in [0.29, 0.717) is 18.2 Å². The van der Waals surface area contributed by atoms with Gasteiger partial charge in [0.15, 0.2) is 0 Å². The van der Waals surface area contributed by atoms with Gasteiger partial charge in [-0.25, -0.2) is 0 Å². The average Bonchev–Trinajstić information content (AvgIpc) is 2.78. The number of amides is 2. The number of hydrogen-bond acceptors (Lipinski definition) is 2. The Morgan fingerprint density at radius 1 is 0.923 bits per heavy atom. The largest absolute Gasteiger partial charge is 0.417 e. The third-order valence-corrected chi connectivity index (χ3v) is 6.19. The second kappa shape index (κ2) is 12.3. The Labute approximate surface area is 230 Å². The van der Waals surface area contributed by atoms with Crippen molar-refractivity contribution >= 4 is 52.7 Å². The summed E-state index contributed by atoms with van der Waals surface area (Å²) in [5.41, 5.74) is -3.40. The lowest BCUT2D eigenvalue weighted by molar-refractivity contribution is -0.139. The highest BCUT2D eigenvalue weighted by Crippen LogP contribution is 2.41. The minimum Gasteiger partial charge on any atom is -0.345 e. The molecule has 2 rings (SSSR count). The normalized spacial score (nSPS) is 14.3. The highest BCUT2D eigenvalue weighted by atomic mass is 35.5. The fraction of sp³-hybridized carbons (Fsp3) is 0.304. The summed E-state index contributed by atoms with van der Waals surface area (Å²) >= 11 is 17.3. The van der Waals surface area contributed by atoms with Gasteiger partial charge in [0.2, 0.25) is 5.91 Å². The van der Waals surface area contributed by atoms with Crippen molar-refractivity contribution in [1.82, 2.24) is 10.6 Å². The van der Waals surface area contributed by atoms with Gasteiger partial charge in [0.25, 0.3) is 5.91 Å². The van der Waals surface area contributed by atoms with Crippen molar-refractivity contribution in [1.29, 1.82) is 0 Å². The maximum atomic E-state index is 13.7. The van der Waals surface area contributed by atoms with Crippen LogP contribution in [-0.4, -0.2) is 36.8 Å². The van der Waals surface area contributed by atoms with Crippen molar-refractivity contribution in [2.45, 2.75) is 37.4 Å². The molecule has 1 unspecified atom stereocenters. The molecule has 0 spiro atoms. The van der Waals surface area contributed by atoms with Gasteiger partial charge in [0.1, 0.15) is 12.6 Å². The molecule has 39 heavy (non-hydrogen) atoms. The van der Waals surface area contributed by atoms with Crippen LogP contribution in [0.5, 0.6) is 0 Å². The van der Waals surface area contributed by atoms with Crippen LogP contribution in [0.1, 0.15) is 39.9 Å². The molecule has 2 atom stereocenters. The predicted molar refractivity (Wildman–Crippen MR) is 127 cm³/mol. The van der Waals surface area contributed by atoms with Gasteiger partial charge < -0.3 is 10.6 Å². The number of carbonyl (C=O) groups excluding carboxylic acids is 2. The molecule has 2 aromatic rings. The Morgan fingerprint density at radius 3 is 1.97 bits per heavy atom. The first-order valence-corrected chi connectivity index (χ1v) is 11.6.